The van der Waals surface area contributed by atoms with Crippen molar-refractivity contribution in [2.24, 2.45) is 0 Å². The Labute approximate surface area is 69.5 Å². The lowest BCUT2D eigenvalue weighted by Gasteiger charge is -1.82. The molecule has 52 valence electrons. The summed E-state index contributed by atoms with van der Waals surface area (Å²) in [6, 6.07) is 2.01. The second-order valence-corrected chi connectivity index (χ2v) is 2.63. The van der Waals surface area contributed by atoms with Crippen LogP contribution in [-0.2, 0) is 0 Å². The predicted molar refractivity (Wildman–Crippen MR) is 46.6 cm³/mol. The summed E-state index contributed by atoms with van der Waals surface area (Å²) < 4.78 is 0.877. The average molecular weight is 198 g/mol. The molecule has 0 unspecified atom stereocenters. The zero-order valence-electron chi connectivity index (χ0n) is 5.76. The van der Waals surface area contributed by atoms with Gasteiger partial charge in [-0.15, -0.1) is 0 Å². The number of rotatable bonds is 2. The lowest BCUT2D eigenvalue weighted by atomic mass is 10.3. The molecule has 0 saturated heterocycles. The highest BCUT2D eigenvalue weighted by Gasteiger charge is 1.80. The largest absolute Gasteiger partial charge is 0.193 e. The van der Waals surface area contributed by atoms with Crippen LogP contribution in [-0.4, -0.2) is 0 Å². The fourth-order valence-electron chi connectivity index (χ4n) is 0.310. The summed E-state index contributed by atoms with van der Waals surface area (Å²) in [4.78, 5) is 0. The number of hydrogen-bond acceptors (Lipinski definition) is 1. The molecule has 2 heteroatoms. The zero-order chi connectivity index (χ0) is 7.98. The summed E-state index contributed by atoms with van der Waals surface area (Å²) in [5.41, 5.74) is 0.679. The van der Waals surface area contributed by atoms with E-state index in [4.69, 9.17) is 5.26 Å². The molecule has 0 aliphatic rings. The van der Waals surface area contributed by atoms with Crippen LogP contribution in [0.2, 0.25) is 0 Å². The van der Waals surface area contributed by atoms with E-state index in [0.29, 0.717) is 5.57 Å². The van der Waals surface area contributed by atoms with Gasteiger partial charge in [0, 0.05) is 10.1 Å². The third-order valence-corrected chi connectivity index (χ3v) is 1.45. The molecule has 0 radical (unpaired) electrons. The summed E-state index contributed by atoms with van der Waals surface area (Å²) in [6.07, 6.45) is 5.18. The van der Waals surface area contributed by atoms with Crippen LogP contribution < -0.4 is 0 Å². The smallest absolute Gasteiger partial charge is 0.0944 e. The summed E-state index contributed by atoms with van der Waals surface area (Å²) in [6.45, 7) is 5.29. The summed E-state index contributed by atoms with van der Waals surface area (Å²) in [5, 5.41) is 8.33. The van der Waals surface area contributed by atoms with Crippen LogP contribution >= 0.6 is 15.9 Å². The Morgan fingerprint density at radius 2 is 2.20 bits per heavy atom. The third-order valence-electron chi connectivity index (χ3n) is 0.864. The minimum atomic E-state index is 0.679. The summed E-state index contributed by atoms with van der Waals surface area (Å²) in [7, 11) is 0. The first-order valence-electron chi connectivity index (χ1n) is 2.77. The zero-order valence-corrected chi connectivity index (χ0v) is 7.35. The van der Waals surface area contributed by atoms with Crippen LogP contribution in [0.1, 0.15) is 6.92 Å². The Balaban J connectivity index is 4.21. The lowest BCUT2D eigenvalue weighted by Crippen LogP contribution is -1.64. The Bertz CT molecular complexity index is 218. The van der Waals surface area contributed by atoms with Gasteiger partial charge in [-0.05, 0) is 19.1 Å². The van der Waals surface area contributed by atoms with Crippen LogP contribution in [0.4, 0.5) is 0 Å². The number of allylic oxidation sites excluding steroid dienone is 5. The molecular weight excluding hydrogens is 190 g/mol. The third kappa shape index (κ3) is 4.11. The maximum atomic E-state index is 8.33. The van der Waals surface area contributed by atoms with Crippen LogP contribution in [0.15, 0.2) is 34.9 Å². The Morgan fingerprint density at radius 1 is 1.60 bits per heavy atom. The van der Waals surface area contributed by atoms with Crippen LogP contribution in [0.5, 0.6) is 0 Å². The van der Waals surface area contributed by atoms with E-state index in [9.17, 15) is 0 Å². The molecule has 0 spiro atoms. The van der Waals surface area contributed by atoms with Gasteiger partial charge in [-0.1, -0.05) is 28.6 Å². The molecule has 0 aromatic rings. The van der Waals surface area contributed by atoms with Gasteiger partial charge in [-0.3, -0.25) is 0 Å². The van der Waals surface area contributed by atoms with Crippen LogP contribution in [0.25, 0.3) is 0 Å². The Kier molecular flexibility index (Phi) is 4.61. The van der Waals surface area contributed by atoms with E-state index in [2.05, 4.69) is 22.5 Å². The SMILES string of the molecule is C=C/C(Br)=C\C=C(/C)C#N. The predicted octanol–water partition coefficient (Wildman–Crippen LogP) is 2.92. The first-order chi connectivity index (χ1) is 4.70. The van der Waals surface area contributed by atoms with Crippen molar-refractivity contribution < 1.29 is 0 Å². The highest BCUT2D eigenvalue weighted by molar-refractivity contribution is 9.11. The Morgan fingerprint density at radius 3 is 2.60 bits per heavy atom. The molecular formula is C8H8BrN. The van der Waals surface area contributed by atoms with Crippen molar-refractivity contribution in [1.29, 1.82) is 5.26 Å². The topological polar surface area (TPSA) is 23.8 Å². The maximum absolute atomic E-state index is 8.33. The molecule has 0 heterocycles. The van der Waals surface area contributed by atoms with E-state index in [0.717, 1.165) is 4.48 Å². The highest BCUT2D eigenvalue weighted by atomic mass is 79.9. The molecule has 0 N–H and O–H groups in total. The van der Waals surface area contributed by atoms with Crippen molar-refractivity contribution in [3.05, 3.63) is 34.9 Å². The molecule has 10 heavy (non-hydrogen) atoms. The van der Waals surface area contributed by atoms with Crippen LogP contribution in [0.3, 0.4) is 0 Å². The lowest BCUT2D eigenvalue weighted by molar-refractivity contribution is 1.44. The van der Waals surface area contributed by atoms with Crippen LogP contribution in [0, 0.1) is 11.3 Å². The van der Waals surface area contributed by atoms with E-state index in [-0.39, 0.29) is 0 Å². The molecule has 0 rings (SSSR count). The van der Waals surface area contributed by atoms with Crippen molar-refractivity contribution in [3.63, 3.8) is 0 Å². The Hall–Kier alpha value is -0.810. The summed E-state index contributed by atoms with van der Waals surface area (Å²) in [5.74, 6) is 0. The minimum Gasteiger partial charge on any atom is -0.193 e. The first kappa shape index (κ1) is 9.19. The van der Waals surface area contributed by atoms with Gasteiger partial charge in [0.05, 0.1) is 6.07 Å². The molecule has 0 aliphatic heterocycles. The van der Waals surface area contributed by atoms with E-state index in [1.165, 1.54) is 0 Å². The molecule has 0 bridgehead atoms. The molecule has 0 atom stereocenters. The second-order valence-electron chi connectivity index (χ2n) is 1.72. The average Bonchev–Trinajstić information content (AvgIpc) is 1.99. The van der Waals surface area contributed by atoms with E-state index < -0.39 is 0 Å². The normalized spacial score (nSPS) is 12.5. The van der Waals surface area contributed by atoms with Gasteiger partial charge >= 0.3 is 0 Å². The fraction of sp³-hybridized carbons (Fsp3) is 0.125. The van der Waals surface area contributed by atoms with E-state index in [1.807, 2.05) is 6.07 Å². The van der Waals surface area contributed by atoms with Crippen molar-refractivity contribution in [2.45, 2.75) is 6.92 Å². The molecule has 0 aromatic carbocycles. The van der Waals surface area contributed by atoms with Gasteiger partial charge < -0.3 is 0 Å². The molecule has 0 aliphatic carbocycles. The van der Waals surface area contributed by atoms with Gasteiger partial charge in [0.2, 0.25) is 0 Å². The molecule has 0 fully saturated rings. The van der Waals surface area contributed by atoms with E-state index in [1.54, 1.807) is 25.2 Å². The number of halogens is 1. The van der Waals surface area contributed by atoms with Crippen molar-refractivity contribution in [2.75, 3.05) is 0 Å². The van der Waals surface area contributed by atoms with Gasteiger partial charge in [0.25, 0.3) is 0 Å². The number of nitriles is 1. The highest BCUT2D eigenvalue weighted by Crippen LogP contribution is 2.05. The van der Waals surface area contributed by atoms with Crippen molar-refractivity contribution in [1.82, 2.24) is 0 Å². The molecule has 0 saturated carbocycles. The number of nitrogens with zero attached hydrogens (tertiary/aromatic N) is 1. The molecule has 1 nitrogen and oxygen atoms in total. The van der Waals surface area contributed by atoms with Gasteiger partial charge in [-0.2, -0.15) is 5.26 Å². The van der Waals surface area contributed by atoms with Gasteiger partial charge in [0.15, 0.2) is 0 Å². The van der Waals surface area contributed by atoms with Crippen molar-refractivity contribution >= 4 is 15.9 Å². The van der Waals surface area contributed by atoms with Crippen molar-refractivity contribution in [3.8, 4) is 6.07 Å². The minimum absolute atomic E-state index is 0.679. The second kappa shape index (κ2) is 5.01. The van der Waals surface area contributed by atoms with Gasteiger partial charge in [-0.25, -0.2) is 0 Å². The fourth-order valence-corrected chi connectivity index (χ4v) is 0.442. The summed E-state index contributed by atoms with van der Waals surface area (Å²) >= 11 is 3.22. The maximum Gasteiger partial charge on any atom is 0.0944 e. The molecule has 0 amide bonds. The number of hydrogen-bond donors (Lipinski definition) is 0. The quantitative estimate of drug-likeness (QED) is 0.494. The standard InChI is InChI=1S/C8H8BrN/c1-3-8(9)5-4-7(2)6-10/h3-5H,1H2,2H3/b7-4+,8-5+. The molecule has 0 aromatic heterocycles. The van der Waals surface area contributed by atoms with E-state index >= 15 is 0 Å². The monoisotopic (exact) mass is 197 g/mol. The first-order valence-corrected chi connectivity index (χ1v) is 3.56. The van der Waals surface area contributed by atoms with Gasteiger partial charge in [0.1, 0.15) is 0 Å².